The van der Waals surface area contributed by atoms with Crippen LogP contribution in [0.5, 0.6) is 5.75 Å². The quantitative estimate of drug-likeness (QED) is 0.828. The lowest BCUT2D eigenvalue weighted by atomic mass is 10.0. The van der Waals surface area contributed by atoms with E-state index in [-0.39, 0.29) is 5.82 Å². The molecule has 0 bridgehead atoms. The molecule has 0 atom stereocenters. The Morgan fingerprint density at radius 2 is 2.13 bits per heavy atom. The van der Waals surface area contributed by atoms with E-state index in [1.807, 2.05) is 6.92 Å². The molecule has 0 aromatic heterocycles. The third-order valence-electron chi connectivity index (χ3n) is 2.85. The maximum atomic E-state index is 13.7. The molecule has 0 saturated heterocycles. The van der Waals surface area contributed by atoms with E-state index < -0.39 is 5.60 Å². The summed E-state index contributed by atoms with van der Waals surface area (Å²) in [7, 11) is 1.52. The molecule has 2 nitrogen and oxygen atoms in total. The number of aliphatic hydroxyl groups is 1. The van der Waals surface area contributed by atoms with Crippen molar-refractivity contribution in [2.75, 3.05) is 7.11 Å². The van der Waals surface area contributed by atoms with Crippen molar-refractivity contribution in [2.45, 2.75) is 31.8 Å². The van der Waals surface area contributed by atoms with Crippen LogP contribution < -0.4 is 4.74 Å². The maximum absolute atomic E-state index is 13.7. The molecular weight excluding hydrogens is 195 g/mol. The average Bonchev–Trinajstić information content (AvgIpc) is 2.88. The van der Waals surface area contributed by atoms with Crippen LogP contribution in [0.4, 0.5) is 4.39 Å². The minimum absolute atomic E-state index is 0.285. The van der Waals surface area contributed by atoms with Gasteiger partial charge in [-0.2, -0.15) is 0 Å². The number of methoxy groups -OCH3 is 1. The van der Waals surface area contributed by atoms with E-state index in [2.05, 4.69) is 0 Å². The van der Waals surface area contributed by atoms with Crippen molar-refractivity contribution in [2.24, 2.45) is 0 Å². The fourth-order valence-electron chi connectivity index (χ4n) is 1.74. The Bertz CT molecular complexity index is 383. The molecule has 1 aromatic carbocycles. The zero-order valence-electron chi connectivity index (χ0n) is 9.01. The van der Waals surface area contributed by atoms with E-state index in [1.54, 1.807) is 6.07 Å². The average molecular weight is 210 g/mol. The molecule has 82 valence electrons. The van der Waals surface area contributed by atoms with Gasteiger partial charge in [0, 0.05) is 12.0 Å². The predicted octanol–water partition coefficient (Wildman–Crippen LogP) is 2.21. The molecule has 0 spiro atoms. The van der Waals surface area contributed by atoms with E-state index in [1.165, 1.54) is 13.2 Å². The minimum atomic E-state index is -0.691. The smallest absolute Gasteiger partial charge is 0.130 e. The summed E-state index contributed by atoms with van der Waals surface area (Å²) in [4.78, 5) is 0. The molecule has 0 unspecified atom stereocenters. The standard InChI is InChI=1S/C12H15FO2/c1-8-5-10(13)9(11(6-8)15-2)7-12(14)3-4-12/h5-6,14H,3-4,7H2,1-2H3. The van der Waals surface area contributed by atoms with Crippen LogP contribution >= 0.6 is 0 Å². The molecular formula is C12H15FO2. The number of hydrogen-bond donors (Lipinski definition) is 1. The highest BCUT2D eigenvalue weighted by atomic mass is 19.1. The first-order valence-electron chi connectivity index (χ1n) is 5.09. The lowest BCUT2D eigenvalue weighted by Crippen LogP contribution is -2.13. The molecule has 2 rings (SSSR count). The zero-order valence-corrected chi connectivity index (χ0v) is 9.01. The largest absolute Gasteiger partial charge is 0.496 e. The van der Waals surface area contributed by atoms with Crippen molar-refractivity contribution in [3.63, 3.8) is 0 Å². The number of halogens is 1. The Labute approximate surface area is 88.7 Å². The summed E-state index contributed by atoms with van der Waals surface area (Å²) in [6, 6.07) is 3.27. The lowest BCUT2D eigenvalue weighted by Gasteiger charge is -2.13. The summed E-state index contributed by atoms with van der Waals surface area (Å²) in [6.07, 6.45) is 1.86. The number of aryl methyl sites for hydroxylation is 1. The molecule has 1 N–H and O–H groups in total. The van der Waals surface area contributed by atoms with Crippen LogP contribution in [0.3, 0.4) is 0 Å². The number of ether oxygens (including phenoxy) is 1. The summed E-state index contributed by atoms with van der Waals surface area (Å²) in [5.74, 6) is 0.250. The molecule has 3 heteroatoms. The van der Waals surface area contributed by atoms with Gasteiger partial charge in [-0.05, 0) is 37.5 Å². The van der Waals surface area contributed by atoms with E-state index in [9.17, 15) is 9.50 Å². The first kappa shape index (κ1) is 10.4. The molecule has 1 aromatic rings. The van der Waals surface area contributed by atoms with Crippen LogP contribution in [-0.2, 0) is 6.42 Å². The van der Waals surface area contributed by atoms with Crippen molar-refractivity contribution in [3.05, 3.63) is 29.1 Å². The van der Waals surface area contributed by atoms with Gasteiger partial charge in [-0.3, -0.25) is 0 Å². The van der Waals surface area contributed by atoms with Gasteiger partial charge >= 0.3 is 0 Å². The predicted molar refractivity (Wildman–Crippen MR) is 55.6 cm³/mol. The number of hydrogen-bond acceptors (Lipinski definition) is 2. The van der Waals surface area contributed by atoms with Crippen LogP contribution in [0.1, 0.15) is 24.0 Å². The molecule has 1 aliphatic carbocycles. The van der Waals surface area contributed by atoms with Crippen LogP contribution in [0.15, 0.2) is 12.1 Å². The molecule has 15 heavy (non-hydrogen) atoms. The summed E-state index contributed by atoms with van der Waals surface area (Å²) in [5, 5.41) is 9.77. The Morgan fingerprint density at radius 1 is 1.47 bits per heavy atom. The highest BCUT2D eigenvalue weighted by Gasteiger charge is 2.41. The van der Waals surface area contributed by atoms with Crippen molar-refractivity contribution < 1.29 is 14.2 Å². The molecule has 0 heterocycles. The van der Waals surface area contributed by atoms with E-state index in [0.717, 1.165) is 18.4 Å². The second-order valence-corrected chi connectivity index (χ2v) is 4.33. The maximum Gasteiger partial charge on any atom is 0.130 e. The summed E-state index contributed by atoms with van der Waals surface area (Å²) in [5.41, 5.74) is 0.627. The van der Waals surface area contributed by atoms with Gasteiger partial charge in [-0.25, -0.2) is 4.39 Å². The fourth-order valence-corrected chi connectivity index (χ4v) is 1.74. The summed E-state index contributed by atoms with van der Waals surface area (Å²) in [6.45, 7) is 1.82. The van der Waals surface area contributed by atoms with Crippen molar-refractivity contribution in [1.29, 1.82) is 0 Å². The van der Waals surface area contributed by atoms with Gasteiger partial charge in [0.2, 0.25) is 0 Å². The third kappa shape index (κ3) is 2.12. The minimum Gasteiger partial charge on any atom is -0.496 e. The topological polar surface area (TPSA) is 29.5 Å². The van der Waals surface area contributed by atoms with Crippen LogP contribution in [0, 0.1) is 12.7 Å². The SMILES string of the molecule is COc1cc(C)cc(F)c1CC1(O)CC1. The highest BCUT2D eigenvalue weighted by molar-refractivity contribution is 5.40. The van der Waals surface area contributed by atoms with Gasteiger partial charge < -0.3 is 9.84 Å². The van der Waals surface area contributed by atoms with Crippen molar-refractivity contribution in [3.8, 4) is 5.75 Å². The molecule has 1 fully saturated rings. The molecule has 0 radical (unpaired) electrons. The second kappa shape index (κ2) is 3.49. The fraction of sp³-hybridized carbons (Fsp3) is 0.500. The molecule has 1 saturated carbocycles. The molecule has 1 aliphatic rings. The Morgan fingerprint density at radius 3 is 2.67 bits per heavy atom. The van der Waals surface area contributed by atoms with Crippen LogP contribution in [0.25, 0.3) is 0 Å². The Kier molecular flexibility index (Phi) is 2.43. The van der Waals surface area contributed by atoms with E-state index in [0.29, 0.717) is 17.7 Å². The van der Waals surface area contributed by atoms with E-state index in [4.69, 9.17) is 4.74 Å². The van der Waals surface area contributed by atoms with Crippen molar-refractivity contribution >= 4 is 0 Å². The van der Waals surface area contributed by atoms with Gasteiger partial charge in [-0.1, -0.05) is 0 Å². The van der Waals surface area contributed by atoms with Crippen molar-refractivity contribution in [1.82, 2.24) is 0 Å². The van der Waals surface area contributed by atoms with Gasteiger partial charge in [0.1, 0.15) is 11.6 Å². The van der Waals surface area contributed by atoms with Gasteiger partial charge in [-0.15, -0.1) is 0 Å². The monoisotopic (exact) mass is 210 g/mol. The van der Waals surface area contributed by atoms with Crippen LogP contribution in [0.2, 0.25) is 0 Å². The first-order valence-corrected chi connectivity index (χ1v) is 5.09. The number of benzene rings is 1. The van der Waals surface area contributed by atoms with Crippen LogP contribution in [-0.4, -0.2) is 17.8 Å². The van der Waals surface area contributed by atoms with Gasteiger partial charge in [0.05, 0.1) is 12.7 Å². The first-order chi connectivity index (χ1) is 7.04. The molecule has 0 aliphatic heterocycles. The highest BCUT2D eigenvalue weighted by Crippen LogP contribution is 2.40. The summed E-state index contributed by atoms with van der Waals surface area (Å²) < 4.78 is 18.8. The Balaban J connectivity index is 2.35. The normalized spacial score (nSPS) is 17.6. The third-order valence-corrected chi connectivity index (χ3v) is 2.85. The lowest BCUT2D eigenvalue weighted by molar-refractivity contribution is 0.148. The molecule has 0 amide bonds. The summed E-state index contributed by atoms with van der Waals surface area (Å²) >= 11 is 0. The second-order valence-electron chi connectivity index (χ2n) is 4.33. The van der Waals surface area contributed by atoms with Gasteiger partial charge in [0.15, 0.2) is 0 Å². The van der Waals surface area contributed by atoms with Gasteiger partial charge in [0.25, 0.3) is 0 Å². The Hall–Kier alpha value is -1.09. The van der Waals surface area contributed by atoms with E-state index >= 15 is 0 Å². The number of rotatable bonds is 3. The zero-order chi connectivity index (χ0) is 11.1.